The number of nitrogens with zero attached hydrogens (tertiary/aromatic N) is 1. The molecule has 0 bridgehead atoms. The number of aliphatic hydroxyl groups excluding tert-OH is 1. The molecule has 0 aliphatic carbocycles. The van der Waals surface area contributed by atoms with Crippen molar-refractivity contribution in [3.63, 3.8) is 0 Å². The van der Waals surface area contributed by atoms with E-state index in [1.165, 1.54) is 0 Å². The number of rotatable bonds is 5. The average Bonchev–Trinajstić information content (AvgIpc) is 2.41. The summed E-state index contributed by atoms with van der Waals surface area (Å²) in [6.45, 7) is 2.97. The zero-order valence-corrected chi connectivity index (χ0v) is 12.1. The lowest BCUT2D eigenvalue weighted by Crippen LogP contribution is -2.36. The molecule has 3 nitrogen and oxygen atoms in total. The lowest BCUT2D eigenvalue weighted by molar-refractivity contribution is 0.0809. The van der Waals surface area contributed by atoms with E-state index in [-0.39, 0.29) is 12.5 Å². The fourth-order valence-corrected chi connectivity index (χ4v) is 2.78. The van der Waals surface area contributed by atoms with E-state index in [2.05, 4.69) is 11.9 Å². The Labute approximate surface area is 120 Å². The second kappa shape index (κ2) is 7.13. The summed E-state index contributed by atoms with van der Waals surface area (Å²) in [5, 5.41) is 10.2. The van der Waals surface area contributed by atoms with Gasteiger partial charge >= 0.3 is 0 Å². The molecule has 1 aromatic carbocycles. The van der Waals surface area contributed by atoms with Crippen LogP contribution in [0, 0.1) is 11.8 Å². The van der Waals surface area contributed by atoms with Crippen LogP contribution >= 0.6 is 11.6 Å². The first-order valence-electron chi connectivity index (χ1n) is 6.87. The van der Waals surface area contributed by atoms with E-state index in [1.54, 1.807) is 0 Å². The Kier molecular flexibility index (Phi) is 5.49. The van der Waals surface area contributed by atoms with Gasteiger partial charge < -0.3 is 14.7 Å². The van der Waals surface area contributed by atoms with Gasteiger partial charge in [-0.15, -0.1) is 0 Å². The number of hydrogen-bond acceptors (Lipinski definition) is 3. The van der Waals surface area contributed by atoms with E-state index in [0.717, 1.165) is 31.7 Å². The number of piperidine rings is 1. The van der Waals surface area contributed by atoms with E-state index in [4.69, 9.17) is 16.3 Å². The lowest BCUT2D eigenvalue weighted by Gasteiger charge is -2.33. The van der Waals surface area contributed by atoms with Gasteiger partial charge in [0.2, 0.25) is 0 Å². The van der Waals surface area contributed by atoms with Crippen molar-refractivity contribution in [3.8, 4) is 5.75 Å². The highest BCUT2D eigenvalue weighted by atomic mass is 35.5. The summed E-state index contributed by atoms with van der Waals surface area (Å²) in [7, 11) is 2.15. The van der Waals surface area contributed by atoms with Crippen molar-refractivity contribution in [2.45, 2.75) is 12.8 Å². The molecular weight excluding hydrogens is 262 g/mol. The van der Waals surface area contributed by atoms with Crippen LogP contribution in [0.25, 0.3) is 0 Å². The summed E-state index contributed by atoms with van der Waals surface area (Å²) >= 11 is 5.92. The van der Waals surface area contributed by atoms with Crippen molar-refractivity contribution >= 4 is 11.6 Å². The van der Waals surface area contributed by atoms with Crippen LogP contribution in [0.1, 0.15) is 12.8 Å². The first-order valence-corrected chi connectivity index (χ1v) is 7.24. The van der Waals surface area contributed by atoms with E-state index in [9.17, 15) is 5.11 Å². The molecule has 1 fully saturated rings. The molecule has 19 heavy (non-hydrogen) atoms. The number of aliphatic hydroxyl groups is 1. The van der Waals surface area contributed by atoms with Gasteiger partial charge in [0.05, 0.1) is 6.61 Å². The average molecular weight is 284 g/mol. The van der Waals surface area contributed by atoms with Gasteiger partial charge in [-0.2, -0.15) is 0 Å². The standard InChI is InChI=1S/C15H22ClNO2/c1-17-7-5-12(6-8-17)13(10-18)11-19-15-4-2-3-14(16)9-15/h2-4,9,12-13,18H,5-8,10-11H2,1H3. The molecule has 4 heteroatoms. The molecule has 0 amide bonds. The smallest absolute Gasteiger partial charge is 0.120 e. The topological polar surface area (TPSA) is 32.7 Å². The van der Waals surface area contributed by atoms with Crippen LogP contribution in [0.4, 0.5) is 0 Å². The second-order valence-corrected chi connectivity index (χ2v) is 5.79. The first kappa shape index (κ1) is 14.6. The molecule has 0 spiro atoms. The Hall–Kier alpha value is -0.770. The summed E-state index contributed by atoms with van der Waals surface area (Å²) in [5.74, 6) is 1.55. The molecule has 1 saturated heterocycles. The maximum atomic E-state index is 9.56. The predicted octanol–water partition coefficient (Wildman–Crippen LogP) is 2.67. The molecule has 0 saturated carbocycles. The number of likely N-dealkylation sites (tertiary alicyclic amines) is 1. The maximum Gasteiger partial charge on any atom is 0.120 e. The van der Waals surface area contributed by atoms with Crippen molar-refractivity contribution < 1.29 is 9.84 Å². The highest BCUT2D eigenvalue weighted by Gasteiger charge is 2.25. The van der Waals surface area contributed by atoms with Gasteiger partial charge in [0.15, 0.2) is 0 Å². The zero-order valence-electron chi connectivity index (χ0n) is 11.4. The summed E-state index contributed by atoms with van der Waals surface area (Å²) in [4.78, 5) is 2.34. The molecule has 1 heterocycles. The van der Waals surface area contributed by atoms with Crippen LogP contribution < -0.4 is 4.74 Å². The van der Waals surface area contributed by atoms with Crippen LogP contribution in [-0.4, -0.2) is 43.4 Å². The third kappa shape index (κ3) is 4.37. The fraction of sp³-hybridized carbons (Fsp3) is 0.600. The van der Waals surface area contributed by atoms with E-state index in [1.807, 2.05) is 24.3 Å². The van der Waals surface area contributed by atoms with Gasteiger partial charge in [-0.3, -0.25) is 0 Å². The van der Waals surface area contributed by atoms with Crippen molar-refractivity contribution in [2.24, 2.45) is 11.8 Å². The highest BCUT2D eigenvalue weighted by molar-refractivity contribution is 6.30. The van der Waals surface area contributed by atoms with Crippen LogP contribution in [0.5, 0.6) is 5.75 Å². The third-order valence-corrected chi connectivity index (χ3v) is 4.16. The SMILES string of the molecule is CN1CCC(C(CO)COc2cccc(Cl)c2)CC1. The molecule has 1 N–H and O–H groups in total. The predicted molar refractivity (Wildman–Crippen MR) is 77.7 cm³/mol. The number of ether oxygens (including phenoxy) is 1. The van der Waals surface area contributed by atoms with Crippen molar-refractivity contribution in [2.75, 3.05) is 33.4 Å². The monoisotopic (exact) mass is 283 g/mol. The summed E-state index contributed by atoms with van der Waals surface area (Å²) < 4.78 is 5.76. The zero-order chi connectivity index (χ0) is 13.7. The number of halogens is 1. The maximum absolute atomic E-state index is 9.56. The molecule has 1 aliphatic heterocycles. The molecule has 1 atom stereocenters. The second-order valence-electron chi connectivity index (χ2n) is 5.35. The highest BCUT2D eigenvalue weighted by Crippen LogP contribution is 2.26. The summed E-state index contributed by atoms with van der Waals surface area (Å²) in [6.07, 6.45) is 2.28. The van der Waals surface area contributed by atoms with Gasteiger partial charge in [-0.05, 0) is 57.1 Å². The number of benzene rings is 1. The van der Waals surface area contributed by atoms with Crippen molar-refractivity contribution in [3.05, 3.63) is 29.3 Å². The minimum absolute atomic E-state index is 0.189. The lowest BCUT2D eigenvalue weighted by atomic mass is 9.85. The molecular formula is C15H22ClNO2. The van der Waals surface area contributed by atoms with Gasteiger partial charge in [-0.25, -0.2) is 0 Å². The third-order valence-electron chi connectivity index (χ3n) is 3.92. The molecule has 1 aliphatic rings. The Morgan fingerprint density at radius 2 is 2.16 bits per heavy atom. The molecule has 1 aromatic rings. The van der Waals surface area contributed by atoms with E-state index >= 15 is 0 Å². The minimum Gasteiger partial charge on any atom is -0.493 e. The molecule has 2 rings (SSSR count). The molecule has 106 valence electrons. The van der Waals surface area contributed by atoms with Crippen molar-refractivity contribution in [1.82, 2.24) is 4.90 Å². The molecule has 1 unspecified atom stereocenters. The van der Waals surface area contributed by atoms with Crippen LogP contribution in [0.3, 0.4) is 0 Å². The van der Waals surface area contributed by atoms with E-state index in [0.29, 0.717) is 17.5 Å². The van der Waals surface area contributed by atoms with Gasteiger partial charge in [0.1, 0.15) is 5.75 Å². The van der Waals surface area contributed by atoms with Gasteiger partial charge in [0, 0.05) is 17.5 Å². The van der Waals surface area contributed by atoms with Crippen LogP contribution in [0.2, 0.25) is 5.02 Å². The Balaban J connectivity index is 1.85. The first-order chi connectivity index (χ1) is 9.19. The number of hydrogen-bond donors (Lipinski definition) is 1. The Morgan fingerprint density at radius 1 is 1.42 bits per heavy atom. The minimum atomic E-state index is 0.189. The fourth-order valence-electron chi connectivity index (χ4n) is 2.60. The van der Waals surface area contributed by atoms with Crippen molar-refractivity contribution in [1.29, 1.82) is 0 Å². The van der Waals surface area contributed by atoms with E-state index < -0.39 is 0 Å². The van der Waals surface area contributed by atoms with Gasteiger partial charge in [-0.1, -0.05) is 17.7 Å². The Bertz CT molecular complexity index is 391. The normalized spacial score (nSPS) is 19.3. The summed E-state index contributed by atoms with van der Waals surface area (Å²) in [6, 6.07) is 7.41. The van der Waals surface area contributed by atoms with Crippen LogP contribution in [-0.2, 0) is 0 Å². The molecule has 0 radical (unpaired) electrons. The summed E-state index contributed by atoms with van der Waals surface area (Å²) in [5.41, 5.74) is 0. The van der Waals surface area contributed by atoms with Gasteiger partial charge in [0.25, 0.3) is 0 Å². The quantitative estimate of drug-likeness (QED) is 0.902. The largest absolute Gasteiger partial charge is 0.493 e. The molecule has 0 aromatic heterocycles. The Morgan fingerprint density at radius 3 is 2.79 bits per heavy atom. The van der Waals surface area contributed by atoms with Crippen LogP contribution in [0.15, 0.2) is 24.3 Å².